The van der Waals surface area contributed by atoms with E-state index in [9.17, 15) is 9.59 Å². The maximum absolute atomic E-state index is 12.0. The monoisotopic (exact) mass is 224 g/mol. The minimum Gasteiger partial charge on any atom is -0.422 e. The van der Waals surface area contributed by atoms with Gasteiger partial charge in [0.05, 0.1) is 0 Å². The normalized spacial score (nSPS) is 38.6. The Labute approximate surface area is 94.3 Å². The van der Waals surface area contributed by atoms with Gasteiger partial charge in [0.2, 0.25) is 0 Å². The van der Waals surface area contributed by atoms with Crippen LogP contribution in [0.3, 0.4) is 0 Å². The van der Waals surface area contributed by atoms with E-state index in [1.165, 1.54) is 0 Å². The number of carbonyl (C=O) groups is 2. The summed E-state index contributed by atoms with van der Waals surface area (Å²) in [6.07, 6.45) is 4.12. The summed E-state index contributed by atoms with van der Waals surface area (Å²) in [5.41, 5.74) is -0.925. The predicted molar refractivity (Wildman–Crippen MR) is 54.1 cm³/mol. The highest BCUT2D eigenvalue weighted by molar-refractivity contribution is 6.06. The van der Waals surface area contributed by atoms with Crippen molar-refractivity contribution >= 4 is 11.9 Å². The summed E-state index contributed by atoms with van der Waals surface area (Å²) in [7, 11) is 0. The van der Waals surface area contributed by atoms with Gasteiger partial charge in [0.15, 0.2) is 5.41 Å². The summed E-state index contributed by atoms with van der Waals surface area (Å²) in [5, 5.41) is 0. The summed E-state index contributed by atoms with van der Waals surface area (Å²) in [4.78, 5) is 24.1. The van der Waals surface area contributed by atoms with Crippen LogP contribution in [0.1, 0.15) is 39.5 Å². The molecule has 4 nitrogen and oxygen atoms in total. The minimum atomic E-state index is -1.09. The van der Waals surface area contributed by atoms with Gasteiger partial charge in [-0.25, -0.2) is 0 Å². The molecule has 16 heavy (non-hydrogen) atoms. The second-order valence-electron chi connectivity index (χ2n) is 5.55. The number of ether oxygens (including phenoxy) is 2. The zero-order chi connectivity index (χ0) is 11.6. The summed E-state index contributed by atoms with van der Waals surface area (Å²) in [6, 6.07) is 0. The van der Waals surface area contributed by atoms with E-state index in [0.29, 0.717) is 0 Å². The fourth-order valence-corrected chi connectivity index (χ4v) is 3.45. The first-order valence-electron chi connectivity index (χ1n) is 5.95. The molecule has 88 valence electrons. The SMILES string of the molecule is CC1(C)OC(=O)C2(C(=O)O1)[C@@H]1CCCC[C@@H]12. The first-order valence-corrected chi connectivity index (χ1v) is 5.95. The highest BCUT2D eigenvalue weighted by Gasteiger charge is 2.78. The molecule has 0 radical (unpaired) electrons. The van der Waals surface area contributed by atoms with Crippen LogP contribution in [0.15, 0.2) is 0 Å². The molecule has 1 spiro atoms. The van der Waals surface area contributed by atoms with Crippen molar-refractivity contribution in [1.82, 2.24) is 0 Å². The molecule has 3 aliphatic rings. The molecule has 1 saturated heterocycles. The number of fused-ring (bicyclic) bond motifs is 3. The molecule has 2 saturated carbocycles. The van der Waals surface area contributed by atoms with Crippen LogP contribution in [0, 0.1) is 17.3 Å². The Hall–Kier alpha value is -1.06. The summed E-state index contributed by atoms with van der Waals surface area (Å²) in [5.74, 6) is -1.45. The molecule has 0 N–H and O–H groups in total. The molecular weight excluding hydrogens is 208 g/mol. The molecule has 1 aliphatic heterocycles. The van der Waals surface area contributed by atoms with E-state index < -0.39 is 11.2 Å². The Morgan fingerprint density at radius 2 is 1.44 bits per heavy atom. The van der Waals surface area contributed by atoms with Gasteiger partial charge in [-0.15, -0.1) is 0 Å². The van der Waals surface area contributed by atoms with E-state index in [2.05, 4.69) is 0 Å². The van der Waals surface area contributed by atoms with Crippen molar-refractivity contribution in [2.75, 3.05) is 0 Å². The number of carbonyl (C=O) groups excluding carboxylic acids is 2. The molecule has 0 aromatic heterocycles. The standard InChI is InChI=1S/C12H16O4/c1-11(2)15-9(13)12(10(14)16-11)7-5-3-4-6-8(7)12/h7-8H,3-6H2,1-2H3/t7-,8+. The molecule has 0 bridgehead atoms. The van der Waals surface area contributed by atoms with Gasteiger partial charge < -0.3 is 9.47 Å². The van der Waals surface area contributed by atoms with E-state index in [1.54, 1.807) is 13.8 Å². The Bertz CT molecular complexity index is 337. The van der Waals surface area contributed by atoms with Crippen molar-refractivity contribution in [3.05, 3.63) is 0 Å². The topological polar surface area (TPSA) is 52.6 Å². The number of cyclic esters (lactones) is 2. The fourth-order valence-electron chi connectivity index (χ4n) is 3.45. The molecule has 1 heterocycles. The first kappa shape index (κ1) is 10.1. The fraction of sp³-hybridized carbons (Fsp3) is 0.833. The van der Waals surface area contributed by atoms with Crippen molar-refractivity contribution in [2.24, 2.45) is 17.3 Å². The molecule has 0 amide bonds. The smallest absolute Gasteiger partial charge is 0.327 e. The second kappa shape index (κ2) is 2.79. The van der Waals surface area contributed by atoms with Gasteiger partial charge in [-0.2, -0.15) is 0 Å². The van der Waals surface area contributed by atoms with E-state index in [-0.39, 0.29) is 23.8 Å². The van der Waals surface area contributed by atoms with Crippen molar-refractivity contribution in [1.29, 1.82) is 0 Å². The minimum absolute atomic E-state index is 0.178. The summed E-state index contributed by atoms with van der Waals surface area (Å²) in [6.45, 7) is 3.20. The second-order valence-corrected chi connectivity index (χ2v) is 5.55. The molecular formula is C12H16O4. The van der Waals surface area contributed by atoms with Crippen molar-refractivity contribution in [3.63, 3.8) is 0 Å². The summed E-state index contributed by atoms with van der Waals surface area (Å²) < 4.78 is 10.5. The first-order chi connectivity index (χ1) is 7.48. The van der Waals surface area contributed by atoms with Crippen LogP contribution in [0.25, 0.3) is 0 Å². The van der Waals surface area contributed by atoms with Crippen LogP contribution in [0.5, 0.6) is 0 Å². The van der Waals surface area contributed by atoms with E-state index in [0.717, 1.165) is 25.7 Å². The highest BCUT2D eigenvalue weighted by Crippen LogP contribution is 2.68. The molecule has 4 heteroatoms. The van der Waals surface area contributed by atoms with Gasteiger partial charge in [0.1, 0.15) is 0 Å². The van der Waals surface area contributed by atoms with Gasteiger partial charge in [-0.1, -0.05) is 12.8 Å². The molecule has 3 rings (SSSR count). The number of hydrogen-bond acceptors (Lipinski definition) is 4. The maximum atomic E-state index is 12.0. The van der Waals surface area contributed by atoms with Gasteiger partial charge in [-0.05, 0) is 24.7 Å². The zero-order valence-electron chi connectivity index (χ0n) is 9.62. The van der Waals surface area contributed by atoms with Gasteiger partial charge in [0, 0.05) is 13.8 Å². The van der Waals surface area contributed by atoms with Crippen LogP contribution in [0.2, 0.25) is 0 Å². The van der Waals surface area contributed by atoms with E-state index >= 15 is 0 Å². The Kier molecular flexibility index (Phi) is 1.76. The van der Waals surface area contributed by atoms with Crippen LogP contribution < -0.4 is 0 Å². The maximum Gasteiger partial charge on any atom is 0.327 e. The van der Waals surface area contributed by atoms with Gasteiger partial charge in [-0.3, -0.25) is 9.59 Å². The van der Waals surface area contributed by atoms with Gasteiger partial charge >= 0.3 is 11.9 Å². The van der Waals surface area contributed by atoms with Crippen molar-refractivity contribution in [3.8, 4) is 0 Å². The third-order valence-electron chi connectivity index (χ3n) is 4.18. The summed E-state index contributed by atoms with van der Waals surface area (Å²) >= 11 is 0. The number of esters is 2. The van der Waals surface area contributed by atoms with E-state index in [4.69, 9.17) is 9.47 Å². The third-order valence-corrected chi connectivity index (χ3v) is 4.18. The van der Waals surface area contributed by atoms with Crippen LogP contribution in [0.4, 0.5) is 0 Å². The number of rotatable bonds is 0. The molecule has 0 unspecified atom stereocenters. The molecule has 0 aromatic carbocycles. The van der Waals surface area contributed by atoms with Crippen LogP contribution >= 0.6 is 0 Å². The van der Waals surface area contributed by atoms with Gasteiger partial charge in [0.25, 0.3) is 5.79 Å². The van der Waals surface area contributed by atoms with Crippen molar-refractivity contribution in [2.45, 2.75) is 45.3 Å². The lowest BCUT2D eigenvalue weighted by atomic mass is 10.00. The predicted octanol–water partition coefficient (Wildman–Crippen LogP) is 1.63. The number of hydrogen-bond donors (Lipinski definition) is 0. The molecule has 2 atom stereocenters. The lowest BCUT2D eigenvalue weighted by molar-refractivity contribution is -0.244. The largest absolute Gasteiger partial charge is 0.422 e. The van der Waals surface area contributed by atoms with Crippen LogP contribution in [-0.2, 0) is 19.1 Å². The van der Waals surface area contributed by atoms with Crippen LogP contribution in [-0.4, -0.2) is 17.7 Å². The lowest BCUT2D eigenvalue weighted by Crippen LogP contribution is -2.49. The highest BCUT2D eigenvalue weighted by atomic mass is 16.7. The lowest BCUT2D eigenvalue weighted by Gasteiger charge is -2.33. The molecule has 0 aromatic rings. The van der Waals surface area contributed by atoms with Crippen molar-refractivity contribution < 1.29 is 19.1 Å². The third kappa shape index (κ3) is 1.05. The Morgan fingerprint density at radius 3 is 1.88 bits per heavy atom. The Balaban J connectivity index is 1.92. The zero-order valence-corrected chi connectivity index (χ0v) is 9.62. The average molecular weight is 224 g/mol. The molecule has 2 aliphatic carbocycles. The Morgan fingerprint density at radius 1 is 1.00 bits per heavy atom. The van der Waals surface area contributed by atoms with E-state index in [1.807, 2.05) is 0 Å². The quantitative estimate of drug-likeness (QED) is 0.463. The molecule has 3 fully saturated rings. The average Bonchev–Trinajstić information content (AvgIpc) is 2.83.